The summed E-state index contributed by atoms with van der Waals surface area (Å²) < 4.78 is 0. The first-order valence-corrected chi connectivity index (χ1v) is 7.99. The minimum absolute atomic E-state index is 0.778. The molecule has 0 aliphatic carbocycles. The highest BCUT2D eigenvalue weighted by Gasteiger charge is 2.24. The fourth-order valence-corrected chi connectivity index (χ4v) is 3.17. The van der Waals surface area contributed by atoms with Gasteiger partial charge in [-0.2, -0.15) is 0 Å². The SMILES string of the molecule is Cc1cnccc1-c1nc2c([nH]1)-c1ccncc1Nc1ncccc1-2. The van der Waals surface area contributed by atoms with E-state index >= 15 is 0 Å². The van der Waals surface area contributed by atoms with Crippen molar-refractivity contribution in [2.45, 2.75) is 6.92 Å². The Balaban J connectivity index is 1.82. The number of aromatic nitrogens is 5. The van der Waals surface area contributed by atoms with Gasteiger partial charge in [0.05, 0.1) is 17.6 Å². The van der Waals surface area contributed by atoms with Gasteiger partial charge in [0.2, 0.25) is 0 Å². The Labute approximate surface area is 144 Å². The number of hydrogen-bond acceptors (Lipinski definition) is 5. The molecular weight excluding hydrogens is 312 g/mol. The van der Waals surface area contributed by atoms with Gasteiger partial charge in [-0.3, -0.25) is 9.97 Å². The molecule has 0 saturated heterocycles. The topological polar surface area (TPSA) is 79.4 Å². The minimum atomic E-state index is 0.778. The molecule has 1 aliphatic rings. The molecule has 120 valence electrons. The average Bonchev–Trinajstić information content (AvgIpc) is 3.03. The third-order valence-corrected chi connectivity index (χ3v) is 4.39. The van der Waals surface area contributed by atoms with Crippen LogP contribution in [0.5, 0.6) is 0 Å². The normalized spacial score (nSPS) is 11.7. The number of aromatic amines is 1. The van der Waals surface area contributed by atoms with E-state index in [1.165, 1.54) is 0 Å². The van der Waals surface area contributed by atoms with E-state index in [9.17, 15) is 0 Å². The second kappa shape index (κ2) is 5.24. The van der Waals surface area contributed by atoms with Gasteiger partial charge < -0.3 is 10.3 Å². The molecule has 6 heteroatoms. The highest BCUT2D eigenvalue weighted by atomic mass is 15.0. The largest absolute Gasteiger partial charge is 0.338 e. The van der Waals surface area contributed by atoms with Crippen molar-refractivity contribution in [1.82, 2.24) is 24.9 Å². The Morgan fingerprint density at radius 2 is 1.72 bits per heavy atom. The molecular formula is C19H14N6. The van der Waals surface area contributed by atoms with Crippen molar-refractivity contribution in [2.24, 2.45) is 0 Å². The van der Waals surface area contributed by atoms with E-state index in [1.54, 1.807) is 24.8 Å². The van der Waals surface area contributed by atoms with Crippen LogP contribution in [-0.2, 0) is 0 Å². The third-order valence-electron chi connectivity index (χ3n) is 4.39. The number of hydrogen-bond donors (Lipinski definition) is 2. The quantitative estimate of drug-likeness (QED) is 0.487. The third kappa shape index (κ3) is 2.11. The van der Waals surface area contributed by atoms with Crippen molar-refractivity contribution in [2.75, 3.05) is 5.32 Å². The Hall–Kier alpha value is -3.54. The summed E-state index contributed by atoms with van der Waals surface area (Å²) in [6.07, 6.45) is 8.99. The summed E-state index contributed by atoms with van der Waals surface area (Å²) in [5.41, 5.74) is 6.84. The number of rotatable bonds is 1. The van der Waals surface area contributed by atoms with Crippen LogP contribution in [0.4, 0.5) is 11.5 Å². The summed E-state index contributed by atoms with van der Waals surface area (Å²) in [5.74, 6) is 1.60. The van der Waals surface area contributed by atoms with Crippen LogP contribution in [0.1, 0.15) is 5.56 Å². The Morgan fingerprint density at radius 1 is 0.880 bits per heavy atom. The van der Waals surface area contributed by atoms with E-state index in [0.29, 0.717) is 0 Å². The second-order valence-corrected chi connectivity index (χ2v) is 5.95. The monoisotopic (exact) mass is 326 g/mol. The van der Waals surface area contributed by atoms with Crippen molar-refractivity contribution in [3.63, 3.8) is 0 Å². The first-order valence-electron chi connectivity index (χ1n) is 7.99. The molecule has 0 unspecified atom stereocenters. The van der Waals surface area contributed by atoms with Gasteiger partial charge in [-0.05, 0) is 36.8 Å². The van der Waals surface area contributed by atoms with E-state index in [1.807, 2.05) is 37.4 Å². The number of nitrogens with zero attached hydrogens (tertiary/aromatic N) is 4. The molecule has 0 amide bonds. The maximum Gasteiger partial charge on any atom is 0.139 e. The van der Waals surface area contributed by atoms with Gasteiger partial charge in [0.1, 0.15) is 17.3 Å². The maximum absolute atomic E-state index is 4.90. The number of imidazole rings is 1. The zero-order valence-corrected chi connectivity index (χ0v) is 13.5. The lowest BCUT2D eigenvalue weighted by Crippen LogP contribution is -1.96. The second-order valence-electron chi connectivity index (χ2n) is 5.95. The summed E-state index contributed by atoms with van der Waals surface area (Å²) in [5, 5.41) is 3.36. The van der Waals surface area contributed by atoms with Gasteiger partial charge in [0, 0.05) is 41.5 Å². The fraction of sp³-hybridized carbons (Fsp3) is 0.0526. The van der Waals surface area contributed by atoms with Crippen molar-refractivity contribution >= 4 is 11.5 Å². The first kappa shape index (κ1) is 13.9. The van der Waals surface area contributed by atoms with Gasteiger partial charge in [0.25, 0.3) is 0 Å². The molecule has 25 heavy (non-hydrogen) atoms. The van der Waals surface area contributed by atoms with Crippen LogP contribution in [0.2, 0.25) is 0 Å². The van der Waals surface area contributed by atoms with Gasteiger partial charge in [-0.15, -0.1) is 0 Å². The molecule has 4 aromatic rings. The Bertz CT molecular complexity index is 1040. The average molecular weight is 326 g/mol. The molecule has 1 aliphatic heterocycles. The first-order chi connectivity index (χ1) is 12.3. The van der Waals surface area contributed by atoms with Crippen LogP contribution >= 0.6 is 0 Å². The number of aryl methyl sites for hydroxylation is 1. The number of H-pyrrole nitrogens is 1. The molecule has 2 N–H and O–H groups in total. The number of pyridine rings is 3. The molecule has 0 aromatic carbocycles. The molecule has 0 atom stereocenters. The molecule has 5 heterocycles. The predicted octanol–water partition coefficient (Wildman–Crippen LogP) is 3.96. The number of nitrogens with one attached hydrogen (secondary N) is 2. The molecule has 4 aromatic heterocycles. The molecule has 6 nitrogen and oxygen atoms in total. The smallest absolute Gasteiger partial charge is 0.139 e. The zero-order chi connectivity index (χ0) is 16.8. The Morgan fingerprint density at radius 3 is 2.60 bits per heavy atom. The summed E-state index contributed by atoms with van der Waals surface area (Å²) in [7, 11) is 0. The number of anilines is 2. The highest BCUT2D eigenvalue weighted by molar-refractivity contribution is 5.95. The van der Waals surface area contributed by atoms with E-state index < -0.39 is 0 Å². The van der Waals surface area contributed by atoms with Crippen LogP contribution in [0.25, 0.3) is 33.9 Å². The molecule has 0 saturated carbocycles. The standard InChI is InChI=1S/C19H14N6/c1-11-9-20-7-4-12(11)19-24-16-13-5-8-21-10-15(13)23-18-14(17(16)25-19)3-2-6-22-18/h2-10H,1H3,(H,22,23)(H,24,25). The predicted molar refractivity (Wildman–Crippen MR) is 96.3 cm³/mol. The van der Waals surface area contributed by atoms with E-state index in [-0.39, 0.29) is 0 Å². The summed E-state index contributed by atoms with van der Waals surface area (Å²) >= 11 is 0. The zero-order valence-electron chi connectivity index (χ0n) is 13.5. The van der Waals surface area contributed by atoms with Gasteiger partial charge in [0.15, 0.2) is 0 Å². The van der Waals surface area contributed by atoms with Crippen molar-refractivity contribution in [3.8, 4) is 33.9 Å². The van der Waals surface area contributed by atoms with Crippen LogP contribution in [-0.4, -0.2) is 24.9 Å². The Kier molecular flexibility index (Phi) is 2.90. The van der Waals surface area contributed by atoms with Crippen LogP contribution in [0, 0.1) is 6.92 Å². The van der Waals surface area contributed by atoms with Crippen molar-refractivity contribution in [3.05, 3.63) is 60.8 Å². The van der Waals surface area contributed by atoms with Crippen LogP contribution < -0.4 is 5.32 Å². The molecule has 0 radical (unpaired) electrons. The van der Waals surface area contributed by atoms with Crippen molar-refractivity contribution < 1.29 is 0 Å². The molecule has 0 spiro atoms. The van der Waals surface area contributed by atoms with E-state index in [0.717, 1.165) is 51.0 Å². The summed E-state index contributed by atoms with van der Waals surface area (Å²) in [4.78, 5) is 21.3. The van der Waals surface area contributed by atoms with E-state index in [4.69, 9.17) is 4.98 Å². The number of fused-ring (bicyclic) bond motifs is 5. The highest BCUT2D eigenvalue weighted by Crippen LogP contribution is 2.42. The maximum atomic E-state index is 4.90. The van der Waals surface area contributed by atoms with E-state index in [2.05, 4.69) is 25.3 Å². The lowest BCUT2D eigenvalue weighted by Gasteiger charge is -2.08. The summed E-state index contributed by atoms with van der Waals surface area (Å²) in [6, 6.07) is 7.90. The lowest BCUT2D eigenvalue weighted by molar-refractivity contribution is 1.22. The fourth-order valence-electron chi connectivity index (χ4n) is 3.17. The van der Waals surface area contributed by atoms with Crippen molar-refractivity contribution in [1.29, 1.82) is 0 Å². The van der Waals surface area contributed by atoms with Crippen LogP contribution in [0.15, 0.2) is 55.2 Å². The van der Waals surface area contributed by atoms with Gasteiger partial charge >= 0.3 is 0 Å². The molecule has 0 bridgehead atoms. The van der Waals surface area contributed by atoms with Crippen LogP contribution in [0.3, 0.4) is 0 Å². The minimum Gasteiger partial charge on any atom is -0.338 e. The summed E-state index contributed by atoms with van der Waals surface area (Å²) in [6.45, 7) is 2.03. The van der Waals surface area contributed by atoms with Gasteiger partial charge in [-0.25, -0.2) is 9.97 Å². The molecule has 5 rings (SSSR count). The lowest BCUT2D eigenvalue weighted by atomic mass is 10.1. The molecule has 0 fully saturated rings. The van der Waals surface area contributed by atoms with Gasteiger partial charge in [-0.1, -0.05) is 0 Å².